The van der Waals surface area contributed by atoms with Crippen molar-refractivity contribution in [1.29, 1.82) is 0 Å². The highest BCUT2D eigenvalue weighted by Crippen LogP contribution is 2.26. The second kappa shape index (κ2) is 9.31. The fourth-order valence-corrected chi connectivity index (χ4v) is 4.48. The number of ether oxygens (including phenoxy) is 1. The summed E-state index contributed by atoms with van der Waals surface area (Å²) in [5.41, 5.74) is 2.91. The molecule has 29 heavy (non-hydrogen) atoms. The fraction of sp³-hybridized carbons (Fsp3) is 0.409. The fourth-order valence-electron chi connectivity index (χ4n) is 3.28. The monoisotopic (exact) mass is 418 g/mol. The molecule has 6 nitrogen and oxygen atoms in total. The number of nitrogens with one attached hydrogen (secondary N) is 1. The molecule has 0 aromatic heterocycles. The molecule has 0 aliphatic heterocycles. The molecule has 2 rings (SSSR count). The van der Waals surface area contributed by atoms with Crippen LogP contribution in [0.15, 0.2) is 42.5 Å². The molecular weight excluding hydrogens is 388 g/mol. The Morgan fingerprint density at radius 1 is 1.10 bits per heavy atom. The van der Waals surface area contributed by atoms with Crippen LogP contribution in [-0.2, 0) is 14.8 Å². The van der Waals surface area contributed by atoms with E-state index in [9.17, 15) is 13.2 Å². The number of hydrogen-bond acceptors (Lipinski definition) is 4. The molecule has 0 radical (unpaired) electrons. The van der Waals surface area contributed by atoms with Crippen molar-refractivity contribution in [1.82, 2.24) is 0 Å². The van der Waals surface area contributed by atoms with Crippen molar-refractivity contribution in [2.45, 2.75) is 53.2 Å². The average Bonchev–Trinajstić information content (AvgIpc) is 2.57. The van der Waals surface area contributed by atoms with Crippen LogP contribution in [0.1, 0.15) is 38.3 Å². The predicted molar refractivity (Wildman–Crippen MR) is 118 cm³/mol. The van der Waals surface area contributed by atoms with Crippen LogP contribution in [0.4, 0.5) is 11.4 Å². The second-order valence-electron chi connectivity index (χ2n) is 7.51. The van der Waals surface area contributed by atoms with Crippen LogP contribution in [0.5, 0.6) is 5.75 Å². The smallest absolute Gasteiger partial charge is 0.248 e. The third-order valence-electron chi connectivity index (χ3n) is 4.26. The van der Waals surface area contributed by atoms with Crippen molar-refractivity contribution < 1.29 is 17.9 Å². The van der Waals surface area contributed by atoms with Crippen molar-refractivity contribution >= 4 is 27.3 Å². The molecule has 2 aromatic rings. The molecule has 1 N–H and O–H groups in total. The summed E-state index contributed by atoms with van der Waals surface area (Å²) in [5, 5.41) is 2.83. The summed E-state index contributed by atoms with van der Waals surface area (Å²) in [7, 11) is -3.68. The Morgan fingerprint density at radius 3 is 2.24 bits per heavy atom. The standard InChI is InChI=1S/C22H30N2O4S/c1-7-21(22(25)23-18-9-8-10-20(14-18)28-15(2)3)24(29(6,26)27)19-12-16(4)11-17(5)13-19/h8-15,21H,7H2,1-6H3,(H,23,25)/t21-/m0/s1. The summed E-state index contributed by atoms with van der Waals surface area (Å²) in [6, 6.07) is 11.7. The number of rotatable bonds is 8. The molecule has 158 valence electrons. The highest BCUT2D eigenvalue weighted by atomic mass is 32.2. The Kier molecular flexibility index (Phi) is 7.30. The maximum Gasteiger partial charge on any atom is 0.248 e. The molecule has 0 heterocycles. The molecule has 0 saturated heterocycles. The van der Waals surface area contributed by atoms with Gasteiger partial charge in [-0.15, -0.1) is 0 Å². The van der Waals surface area contributed by atoms with Gasteiger partial charge in [0.2, 0.25) is 15.9 Å². The first-order valence-electron chi connectivity index (χ1n) is 9.66. The first kappa shape index (κ1) is 22.7. The zero-order valence-electron chi connectivity index (χ0n) is 17.9. The molecule has 1 atom stereocenters. The van der Waals surface area contributed by atoms with Crippen molar-refractivity contribution in [3.8, 4) is 5.75 Å². The molecule has 0 fully saturated rings. The molecular formula is C22H30N2O4S. The van der Waals surface area contributed by atoms with Crippen molar-refractivity contribution in [3.63, 3.8) is 0 Å². The summed E-state index contributed by atoms with van der Waals surface area (Å²) in [5.74, 6) is 0.249. The molecule has 7 heteroatoms. The topological polar surface area (TPSA) is 75.7 Å². The Bertz CT molecular complexity index is 950. The Labute approximate surface area is 173 Å². The van der Waals surface area contributed by atoms with E-state index in [1.165, 1.54) is 4.31 Å². The largest absolute Gasteiger partial charge is 0.491 e. The highest BCUT2D eigenvalue weighted by Gasteiger charge is 2.31. The van der Waals surface area contributed by atoms with Gasteiger partial charge in [0.05, 0.1) is 18.0 Å². The van der Waals surface area contributed by atoms with Crippen LogP contribution in [0.2, 0.25) is 0 Å². The zero-order valence-corrected chi connectivity index (χ0v) is 18.7. The lowest BCUT2D eigenvalue weighted by atomic mass is 10.1. The lowest BCUT2D eigenvalue weighted by molar-refractivity contribution is -0.117. The first-order chi connectivity index (χ1) is 13.5. The summed E-state index contributed by atoms with van der Waals surface area (Å²) in [6.45, 7) is 9.44. The SMILES string of the molecule is CC[C@@H](C(=O)Nc1cccc(OC(C)C)c1)N(c1cc(C)cc(C)c1)S(C)(=O)=O. The Morgan fingerprint density at radius 2 is 1.72 bits per heavy atom. The van der Waals surface area contributed by atoms with E-state index in [4.69, 9.17) is 4.74 Å². The molecule has 0 saturated carbocycles. The van der Waals surface area contributed by atoms with E-state index in [0.29, 0.717) is 23.5 Å². The van der Waals surface area contributed by atoms with Crippen LogP contribution >= 0.6 is 0 Å². The predicted octanol–water partition coefficient (Wildman–Crippen LogP) is 4.27. The number of anilines is 2. The average molecular weight is 419 g/mol. The number of sulfonamides is 1. The van der Waals surface area contributed by atoms with E-state index in [1.807, 2.05) is 39.8 Å². The van der Waals surface area contributed by atoms with Gasteiger partial charge in [0.15, 0.2) is 0 Å². The van der Waals surface area contributed by atoms with E-state index in [1.54, 1.807) is 37.3 Å². The summed E-state index contributed by atoms with van der Waals surface area (Å²) >= 11 is 0. The quantitative estimate of drug-likeness (QED) is 0.694. The van der Waals surface area contributed by atoms with E-state index in [0.717, 1.165) is 17.4 Å². The van der Waals surface area contributed by atoms with Gasteiger partial charge < -0.3 is 10.1 Å². The van der Waals surface area contributed by atoms with Gasteiger partial charge in [0.1, 0.15) is 11.8 Å². The molecule has 0 aliphatic carbocycles. The normalized spacial score (nSPS) is 12.5. The summed E-state index contributed by atoms with van der Waals surface area (Å²) < 4.78 is 32.1. The van der Waals surface area contributed by atoms with Gasteiger partial charge in [-0.3, -0.25) is 9.10 Å². The van der Waals surface area contributed by atoms with Gasteiger partial charge >= 0.3 is 0 Å². The molecule has 0 bridgehead atoms. The van der Waals surface area contributed by atoms with Crippen molar-refractivity contribution in [2.24, 2.45) is 0 Å². The second-order valence-corrected chi connectivity index (χ2v) is 9.37. The van der Waals surface area contributed by atoms with Gasteiger partial charge in [0, 0.05) is 11.8 Å². The Hall–Kier alpha value is -2.54. The molecule has 0 aliphatic rings. The van der Waals surface area contributed by atoms with Crippen LogP contribution in [-0.4, -0.2) is 32.7 Å². The van der Waals surface area contributed by atoms with Crippen molar-refractivity contribution in [3.05, 3.63) is 53.6 Å². The molecule has 0 spiro atoms. The van der Waals surface area contributed by atoms with Gasteiger partial charge in [0.25, 0.3) is 0 Å². The lowest BCUT2D eigenvalue weighted by Crippen LogP contribution is -2.47. The zero-order chi connectivity index (χ0) is 21.8. The van der Waals surface area contributed by atoms with E-state index in [2.05, 4.69) is 5.32 Å². The Balaban J connectivity index is 2.36. The van der Waals surface area contributed by atoms with Crippen LogP contribution in [0, 0.1) is 13.8 Å². The van der Waals surface area contributed by atoms with Crippen LogP contribution in [0.3, 0.4) is 0 Å². The van der Waals surface area contributed by atoms with E-state index in [-0.39, 0.29) is 6.10 Å². The third kappa shape index (κ3) is 6.22. The number of hydrogen-bond donors (Lipinski definition) is 1. The molecule has 2 aromatic carbocycles. The van der Waals surface area contributed by atoms with Crippen LogP contribution < -0.4 is 14.4 Å². The van der Waals surface area contributed by atoms with Crippen LogP contribution in [0.25, 0.3) is 0 Å². The number of benzene rings is 2. The van der Waals surface area contributed by atoms with Gasteiger partial charge in [-0.1, -0.05) is 19.1 Å². The van der Waals surface area contributed by atoms with E-state index >= 15 is 0 Å². The highest BCUT2D eigenvalue weighted by molar-refractivity contribution is 7.92. The molecule has 0 unspecified atom stereocenters. The van der Waals surface area contributed by atoms with Crippen molar-refractivity contribution in [2.75, 3.05) is 15.9 Å². The van der Waals surface area contributed by atoms with Gasteiger partial charge in [-0.2, -0.15) is 0 Å². The number of aryl methyl sites for hydroxylation is 2. The summed E-state index contributed by atoms with van der Waals surface area (Å²) in [4.78, 5) is 13.1. The minimum Gasteiger partial charge on any atom is -0.491 e. The van der Waals surface area contributed by atoms with Gasteiger partial charge in [-0.05, 0) is 69.5 Å². The first-order valence-corrected chi connectivity index (χ1v) is 11.5. The third-order valence-corrected chi connectivity index (χ3v) is 5.44. The minimum absolute atomic E-state index is 0.00891. The maximum absolute atomic E-state index is 13.1. The number of amides is 1. The maximum atomic E-state index is 13.1. The number of carbonyl (C=O) groups is 1. The summed E-state index contributed by atoms with van der Waals surface area (Å²) in [6.07, 6.45) is 1.46. The number of nitrogens with zero attached hydrogens (tertiary/aromatic N) is 1. The lowest BCUT2D eigenvalue weighted by Gasteiger charge is -2.30. The molecule has 1 amide bonds. The van der Waals surface area contributed by atoms with E-state index < -0.39 is 22.0 Å². The van der Waals surface area contributed by atoms with Gasteiger partial charge in [-0.25, -0.2) is 8.42 Å². The number of carbonyl (C=O) groups excluding carboxylic acids is 1. The minimum atomic E-state index is -3.68.